The average Bonchev–Trinajstić information content (AvgIpc) is 2.77. The van der Waals surface area contributed by atoms with E-state index in [1.807, 2.05) is 26.0 Å². The van der Waals surface area contributed by atoms with Gasteiger partial charge in [0.15, 0.2) is 0 Å². The van der Waals surface area contributed by atoms with Crippen molar-refractivity contribution in [3.63, 3.8) is 0 Å². The maximum absolute atomic E-state index is 13.3. The molecule has 0 aromatic heterocycles. The monoisotopic (exact) mass is 541 g/mol. The number of benzene rings is 2. The Hall–Kier alpha value is -2.29. The van der Waals surface area contributed by atoms with Crippen LogP contribution in [-0.2, 0) is 26.2 Å². The Labute approximate surface area is 218 Å². The fraction of sp³-hybridized carbons (Fsp3) is 0.440. The van der Waals surface area contributed by atoms with Crippen LogP contribution >= 0.6 is 23.2 Å². The van der Waals surface area contributed by atoms with E-state index in [1.165, 1.54) is 9.21 Å². The first-order valence-corrected chi connectivity index (χ1v) is 14.0. The van der Waals surface area contributed by atoms with Gasteiger partial charge >= 0.3 is 0 Å². The summed E-state index contributed by atoms with van der Waals surface area (Å²) in [5.41, 5.74) is 3.11. The third-order valence-corrected chi connectivity index (χ3v) is 7.64. The Balaban J connectivity index is 2.22. The zero-order chi connectivity index (χ0) is 26.3. The number of nitrogens with zero attached hydrogens (tertiary/aromatic N) is 2. The molecule has 1 atom stereocenters. The van der Waals surface area contributed by atoms with Crippen molar-refractivity contribution in [2.75, 3.05) is 23.7 Å². The van der Waals surface area contributed by atoms with Gasteiger partial charge in [-0.1, -0.05) is 41.4 Å². The number of carbonyl (C=O) groups excluding carboxylic acids is 2. The number of likely N-dealkylation sites (N-methyl/N-ethyl adjacent to an activating group) is 1. The number of nitrogens with one attached hydrogen (secondary N) is 1. The zero-order valence-corrected chi connectivity index (χ0v) is 23.1. The van der Waals surface area contributed by atoms with Crippen LogP contribution < -0.4 is 9.62 Å². The molecular formula is C25H33Cl2N3O4S. The Kier molecular flexibility index (Phi) is 10.4. The number of hydrogen-bond donors (Lipinski definition) is 1. The number of carbonyl (C=O) groups is 2. The number of amides is 2. The molecule has 35 heavy (non-hydrogen) atoms. The maximum atomic E-state index is 13.3. The maximum Gasteiger partial charge on any atom is 0.242 e. The predicted molar refractivity (Wildman–Crippen MR) is 142 cm³/mol. The van der Waals surface area contributed by atoms with E-state index in [9.17, 15) is 18.0 Å². The van der Waals surface area contributed by atoms with Gasteiger partial charge in [-0.05, 0) is 69.0 Å². The second-order valence-corrected chi connectivity index (χ2v) is 11.2. The van der Waals surface area contributed by atoms with Crippen LogP contribution in [0.2, 0.25) is 10.0 Å². The van der Waals surface area contributed by atoms with Gasteiger partial charge in [-0.25, -0.2) is 8.42 Å². The molecule has 1 N–H and O–H groups in total. The number of sulfonamides is 1. The fourth-order valence-corrected chi connectivity index (χ4v) is 5.21. The molecule has 0 bridgehead atoms. The highest BCUT2D eigenvalue weighted by Gasteiger charge is 2.27. The lowest BCUT2D eigenvalue weighted by Gasteiger charge is -2.30. The summed E-state index contributed by atoms with van der Waals surface area (Å²) in [5, 5.41) is 3.62. The fourth-order valence-electron chi connectivity index (χ4n) is 3.73. The molecule has 2 aromatic carbocycles. The van der Waals surface area contributed by atoms with Gasteiger partial charge in [0.1, 0.15) is 6.04 Å². The van der Waals surface area contributed by atoms with Gasteiger partial charge in [0.05, 0.1) is 11.9 Å². The van der Waals surface area contributed by atoms with E-state index in [0.29, 0.717) is 27.8 Å². The van der Waals surface area contributed by atoms with Crippen LogP contribution in [-0.4, -0.2) is 50.5 Å². The van der Waals surface area contributed by atoms with Crippen LogP contribution in [0.25, 0.3) is 0 Å². The molecular weight excluding hydrogens is 509 g/mol. The Morgan fingerprint density at radius 3 is 2.40 bits per heavy atom. The Morgan fingerprint density at radius 2 is 1.80 bits per heavy atom. The largest absolute Gasteiger partial charge is 0.355 e. The molecule has 2 amide bonds. The molecule has 0 fully saturated rings. The van der Waals surface area contributed by atoms with Crippen LogP contribution in [0.4, 0.5) is 5.69 Å². The van der Waals surface area contributed by atoms with Crippen molar-refractivity contribution in [2.45, 2.75) is 53.1 Å². The van der Waals surface area contributed by atoms with Crippen molar-refractivity contribution in [3.8, 4) is 0 Å². The summed E-state index contributed by atoms with van der Waals surface area (Å²) in [6.45, 7) is 7.96. The molecule has 2 rings (SSSR count). The van der Waals surface area contributed by atoms with E-state index < -0.39 is 16.1 Å². The SMILES string of the molecule is CCNC(=O)[C@H](C)N(Cc1ccc(Cl)cc1Cl)C(=O)CCCN(c1cccc(C)c1C)S(C)(=O)=O. The zero-order valence-electron chi connectivity index (χ0n) is 20.8. The van der Waals surface area contributed by atoms with E-state index in [1.54, 1.807) is 38.1 Å². The molecule has 10 heteroatoms. The van der Waals surface area contributed by atoms with Crippen LogP contribution in [0.5, 0.6) is 0 Å². The Morgan fingerprint density at radius 1 is 1.11 bits per heavy atom. The lowest BCUT2D eigenvalue weighted by molar-refractivity contribution is -0.140. The Bertz CT molecular complexity index is 1170. The molecule has 2 aromatic rings. The van der Waals surface area contributed by atoms with Gasteiger partial charge in [-0.2, -0.15) is 0 Å². The van der Waals surface area contributed by atoms with Crippen LogP contribution in [0.15, 0.2) is 36.4 Å². The van der Waals surface area contributed by atoms with E-state index >= 15 is 0 Å². The van der Waals surface area contributed by atoms with Crippen molar-refractivity contribution >= 4 is 50.7 Å². The van der Waals surface area contributed by atoms with Crippen LogP contribution in [0.1, 0.15) is 43.4 Å². The molecule has 0 aliphatic carbocycles. The van der Waals surface area contributed by atoms with Gasteiger partial charge in [0.2, 0.25) is 21.8 Å². The highest BCUT2D eigenvalue weighted by atomic mass is 35.5. The predicted octanol–water partition coefficient (Wildman–Crippen LogP) is 4.71. The molecule has 0 radical (unpaired) electrons. The minimum atomic E-state index is -3.56. The number of anilines is 1. The van der Waals surface area contributed by atoms with Gasteiger partial charge in [-0.3, -0.25) is 13.9 Å². The average molecular weight is 543 g/mol. The minimum Gasteiger partial charge on any atom is -0.355 e. The number of halogens is 2. The van der Waals surface area contributed by atoms with Gasteiger partial charge in [0.25, 0.3) is 0 Å². The lowest BCUT2D eigenvalue weighted by Crippen LogP contribution is -2.47. The third-order valence-electron chi connectivity index (χ3n) is 5.87. The minimum absolute atomic E-state index is 0.0613. The van der Waals surface area contributed by atoms with Gasteiger partial charge in [0, 0.05) is 36.1 Å². The first-order chi connectivity index (χ1) is 16.4. The van der Waals surface area contributed by atoms with E-state index in [2.05, 4.69) is 5.32 Å². The van der Waals surface area contributed by atoms with Gasteiger partial charge in [-0.15, -0.1) is 0 Å². The normalized spacial score (nSPS) is 12.2. The van der Waals surface area contributed by atoms with E-state index in [0.717, 1.165) is 17.4 Å². The molecule has 0 saturated heterocycles. The summed E-state index contributed by atoms with van der Waals surface area (Å²) in [6.07, 6.45) is 1.50. The molecule has 0 saturated carbocycles. The third kappa shape index (κ3) is 7.85. The first kappa shape index (κ1) is 28.9. The summed E-state index contributed by atoms with van der Waals surface area (Å²) < 4.78 is 26.4. The smallest absolute Gasteiger partial charge is 0.242 e. The van der Waals surface area contributed by atoms with Crippen molar-refractivity contribution in [3.05, 3.63) is 63.1 Å². The molecule has 192 valence electrons. The van der Waals surface area contributed by atoms with Crippen molar-refractivity contribution in [2.24, 2.45) is 0 Å². The van der Waals surface area contributed by atoms with Crippen LogP contribution in [0.3, 0.4) is 0 Å². The summed E-state index contributed by atoms with van der Waals surface area (Å²) in [6, 6.07) is 9.75. The van der Waals surface area contributed by atoms with Gasteiger partial charge < -0.3 is 10.2 Å². The van der Waals surface area contributed by atoms with Crippen molar-refractivity contribution in [1.29, 1.82) is 0 Å². The quantitative estimate of drug-likeness (QED) is 0.446. The number of aryl methyl sites for hydroxylation is 1. The summed E-state index contributed by atoms with van der Waals surface area (Å²) in [5.74, 6) is -0.553. The van der Waals surface area contributed by atoms with Crippen molar-refractivity contribution < 1.29 is 18.0 Å². The lowest BCUT2D eigenvalue weighted by atomic mass is 10.1. The molecule has 0 heterocycles. The second-order valence-electron chi connectivity index (χ2n) is 8.49. The number of rotatable bonds is 11. The standard InChI is InChI=1S/C25H33Cl2N3O4S/c1-6-28-25(32)19(4)29(16-20-12-13-21(26)15-22(20)27)24(31)11-8-14-30(35(5,33)34)23-10-7-9-17(2)18(23)3/h7,9-10,12-13,15,19H,6,8,11,14,16H2,1-5H3,(H,28,32)/t19-/m0/s1. The molecule has 0 spiro atoms. The molecule has 7 nitrogen and oxygen atoms in total. The topological polar surface area (TPSA) is 86.8 Å². The highest BCUT2D eigenvalue weighted by Crippen LogP contribution is 2.26. The molecule has 0 aliphatic heterocycles. The second kappa shape index (κ2) is 12.6. The highest BCUT2D eigenvalue weighted by molar-refractivity contribution is 7.92. The van der Waals surface area contributed by atoms with E-state index in [4.69, 9.17) is 23.2 Å². The summed E-state index contributed by atoms with van der Waals surface area (Å²) in [7, 11) is -3.56. The number of hydrogen-bond acceptors (Lipinski definition) is 4. The first-order valence-electron chi connectivity index (χ1n) is 11.4. The molecule has 0 aliphatic rings. The van der Waals surface area contributed by atoms with Crippen LogP contribution in [0, 0.1) is 13.8 Å². The molecule has 0 unspecified atom stereocenters. The summed E-state index contributed by atoms with van der Waals surface area (Å²) in [4.78, 5) is 27.3. The van der Waals surface area contributed by atoms with Crippen molar-refractivity contribution in [1.82, 2.24) is 10.2 Å². The van der Waals surface area contributed by atoms with E-state index in [-0.39, 0.29) is 37.7 Å². The summed E-state index contributed by atoms with van der Waals surface area (Å²) >= 11 is 12.3.